The van der Waals surface area contributed by atoms with E-state index in [0.29, 0.717) is 16.6 Å². The zero-order chi connectivity index (χ0) is 11.0. The number of aliphatic hydroxyl groups is 1. The van der Waals surface area contributed by atoms with Gasteiger partial charge in [0, 0.05) is 11.8 Å². The second-order valence-electron chi connectivity index (χ2n) is 3.60. The van der Waals surface area contributed by atoms with E-state index in [1.54, 1.807) is 19.2 Å². The molecule has 2 heterocycles. The fourth-order valence-electron chi connectivity index (χ4n) is 1.55. The predicted octanol–water partition coefficient (Wildman–Crippen LogP) is 1.03. The Kier molecular flexibility index (Phi) is 2.28. The van der Waals surface area contributed by atoms with Crippen LogP contribution in [0, 0.1) is 13.8 Å². The topological polar surface area (TPSA) is 66.0 Å². The third-order valence-electron chi connectivity index (χ3n) is 2.63. The molecule has 4 nitrogen and oxygen atoms in total. The molecule has 0 saturated heterocycles. The first-order valence-electron chi connectivity index (χ1n) is 4.72. The molecule has 0 radical (unpaired) electrons. The number of nitrogens with zero attached hydrogens (tertiary/aromatic N) is 1. The number of aryl methyl sites for hydroxylation is 1. The number of hydrogen-bond acceptors (Lipinski definition) is 3. The molecule has 0 unspecified atom stereocenters. The van der Waals surface area contributed by atoms with Gasteiger partial charge in [-0.2, -0.15) is 0 Å². The van der Waals surface area contributed by atoms with E-state index < -0.39 is 0 Å². The maximum atomic E-state index is 11.5. The average molecular weight is 204 g/mol. The van der Waals surface area contributed by atoms with Crippen molar-refractivity contribution in [3.8, 4) is 0 Å². The Hall–Kier alpha value is -1.68. The molecule has 0 saturated carbocycles. The highest BCUT2D eigenvalue weighted by molar-refractivity contribution is 5.78. The van der Waals surface area contributed by atoms with Crippen molar-refractivity contribution in [3.63, 3.8) is 0 Å². The minimum atomic E-state index is -0.100. The molecule has 78 valence electrons. The molecule has 2 aromatic rings. The van der Waals surface area contributed by atoms with Crippen molar-refractivity contribution in [2.75, 3.05) is 0 Å². The molecule has 4 heteroatoms. The molecule has 0 amide bonds. The summed E-state index contributed by atoms with van der Waals surface area (Å²) in [7, 11) is 0. The van der Waals surface area contributed by atoms with E-state index in [1.807, 2.05) is 6.92 Å². The molecule has 15 heavy (non-hydrogen) atoms. The fourth-order valence-corrected chi connectivity index (χ4v) is 1.55. The summed E-state index contributed by atoms with van der Waals surface area (Å²) in [4.78, 5) is 18.5. The number of fused-ring (bicyclic) bond motifs is 1. The molecule has 0 bridgehead atoms. The Morgan fingerprint density at radius 3 is 2.80 bits per heavy atom. The standard InChI is InChI=1S/C11H12N2O2/c1-6-7(2)11(15)13-9-3-8(5-14)4-12-10(6)9/h3-4,14H,5H2,1-2H3,(H,13,15). The molecule has 0 fully saturated rings. The van der Waals surface area contributed by atoms with Crippen LogP contribution in [0.3, 0.4) is 0 Å². The minimum absolute atomic E-state index is 0.0715. The maximum Gasteiger partial charge on any atom is 0.251 e. The highest BCUT2D eigenvalue weighted by Gasteiger charge is 2.06. The van der Waals surface area contributed by atoms with Crippen LogP contribution in [-0.4, -0.2) is 15.1 Å². The van der Waals surface area contributed by atoms with Gasteiger partial charge in [-0.15, -0.1) is 0 Å². The van der Waals surface area contributed by atoms with Gasteiger partial charge in [-0.05, 0) is 31.0 Å². The third kappa shape index (κ3) is 1.53. The van der Waals surface area contributed by atoms with E-state index in [9.17, 15) is 4.79 Å². The van der Waals surface area contributed by atoms with Crippen LogP contribution < -0.4 is 5.56 Å². The minimum Gasteiger partial charge on any atom is -0.392 e. The number of aromatic nitrogens is 2. The molecule has 0 aliphatic rings. The van der Waals surface area contributed by atoms with Crippen LogP contribution in [0.25, 0.3) is 11.0 Å². The van der Waals surface area contributed by atoms with Crippen molar-refractivity contribution in [2.45, 2.75) is 20.5 Å². The van der Waals surface area contributed by atoms with Crippen molar-refractivity contribution in [3.05, 3.63) is 39.3 Å². The van der Waals surface area contributed by atoms with Crippen LogP contribution in [0.5, 0.6) is 0 Å². The Labute approximate surface area is 86.6 Å². The fraction of sp³-hybridized carbons (Fsp3) is 0.273. The van der Waals surface area contributed by atoms with Gasteiger partial charge in [0.25, 0.3) is 5.56 Å². The molecule has 0 spiro atoms. The van der Waals surface area contributed by atoms with Gasteiger partial charge in [0.2, 0.25) is 0 Å². The molecule has 0 aliphatic carbocycles. The molecule has 0 aromatic carbocycles. The number of H-pyrrole nitrogens is 1. The van der Waals surface area contributed by atoms with Gasteiger partial charge in [0.05, 0.1) is 17.6 Å². The average Bonchev–Trinajstić information content (AvgIpc) is 2.25. The zero-order valence-corrected chi connectivity index (χ0v) is 8.66. The first-order valence-corrected chi connectivity index (χ1v) is 4.72. The summed E-state index contributed by atoms with van der Waals surface area (Å²) in [5, 5.41) is 8.96. The Balaban J connectivity index is 2.86. The largest absolute Gasteiger partial charge is 0.392 e. The number of hydrogen-bond donors (Lipinski definition) is 2. The molecular formula is C11H12N2O2. The van der Waals surface area contributed by atoms with Crippen molar-refractivity contribution in [1.82, 2.24) is 9.97 Å². The Morgan fingerprint density at radius 2 is 2.13 bits per heavy atom. The lowest BCUT2D eigenvalue weighted by molar-refractivity contribution is 0.281. The van der Waals surface area contributed by atoms with Crippen LogP contribution in [0.15, 0.2) is 17.1 Å². The normalized spacial score (nSPS) is 10.9. The van der Waals surface area contributed by atoms with Crippen molar-refractivity contribution in [2.24, 2.45) is 0 Å². The summed E-state index contributed by atoms with van der Waals surface area (Å²) in [6, 6.07) is 1.75. The number of nitrogens with one attached hydrogen (secondary N) is 1. The first kappa shape index (κ1) is 9.86. The number of aliphatic hydroxyl groups excluding tert-OH is 1. The predicted molar refractivity (Wildman–Crippen MR) is 57.8 cm³/mol. The van der Waals surface area contributed by atoms with Crippen molar-refractivity contribution >= 4 is 11.0 Å². The summed E-state index contributed by atoms with van der Waals surface area (Å²) in [6.45, 7) is 3.58. The molecule has 2 N–H and O–H groups in total. The molecule has 0 aliphatic heterocycles. The van der Waals surface area contributed by atoms with Crippen molar-refractivity contribution < 1.29 is 5.11 Å². The highest BCUT2D eigenvalue weighted by atomic mass is 16.3. The molecular weight excluding hydrogens is 192 g/mol. The maximum absolute atomic E-state index is 11.5. The summed E-state index contributed by atoms with van der Waals surface area (Å²) < 4.78 is 0. The lowest BCUT2D eigenvalue weighted by Crippen LogP contribution is -2.12. The van der Waals surface area contributed by atoms with Crippen molar-refractivity contribution in [1.29, 1.82) is 0 Å². The van der Waals surface area contributed by atoms with Gasteiger partial charge >= 0.3 is 0 Å². The molecule has 2 rings (SSSR count). The summed E-state index contributed by atoms with van der Waals surface area (Å²) in [5.41, 5.74) is 3.63. The Morgan fingerprint density at radius 1 is 1.40 bits per heavy atom. The van der Waals surface area contributed by atoms with Crippen LogP contribution in [-0.2, 0) is 6.61 Å². The van der Waals surface area contributed by atoms with Crippen LogP contribution in [0.1, 0.15) is 16.7 Å². The van der Waals surface area contributed by atoms with Gasteiger partial charge < -0.3 is 10.1 Å². The van der Waals surface area contributed by atoms with Gasteiger partial charge in [0.1, 0.15) is 0 Å². The third-order valence-corrected chi connectivity index (χ3v) is 2.63. The second kappa shape index (κ2) is 3.47. The highest BCUT2D eigenvalue weighted by Crippen LogP contribution is 2.15. The van der Waals surface area contributed by atoms with Gasteiger partial charge in [-0.25, -0.2) is 0 Å². The number of aromatic amines is 1. The number of rotatable bonds is 1. The van der Waals surface area contributed by atoms with E-state index >= 15 is 0 Å². The summed E-state index contributed by atoms with van der Waals surface area (Å²) in [5.74, 6) is 0. The molecule has 2 aromatic heterocycles. The smallest absolute Gasteiger partial charge is 0.251 e. The van der Waals surface area contributed by atoms with E-state index in [2.05, 4.69) is 9.97 Å². The van der Waals surface area contributed by atoms with E-state index in [-0.39, 0.29) is 12.2 Å². The van der Waals surface area contributed by atoms with Gasteiger partial charge in [-0.1, -0.05) is 0 Å². The number of pyridine rings is 2. The van der Waals surface area contributed by atoms with Crippen LogP contribution in [0.2, 0.25) is 0 Å². The lowest BCUT2D eigenvalue weighted by Gasteiger charge is -2.05. The Bertz CT molecular complexity index is 573. The quantitative estimate of drug-likeness (QED) is 0.729. The second-order valence-corrected chi connectivity index (χ2v) is 3.60. The SMILES string of the molecule is Cc1c(C)c2ncc(CO)cc2[nH]c1=O. The van der Waals surface area contributed by atoms with E-state index in [0.717, 1.165) is 11.1 Å². The summed E-state index contributed by atoms with van der Waals surface area (Å²) in [6.07, 6.45) is 1.62. The van der Waals surface area contributed by atoms with Gasteiger partial charge in [0.15, 0.2) is 0 Å². The van der Waals surface area contributed by atoms with Crippen LogP contribution >= 0.6 is 0 Å². The van der Waals surface area contributed by atoms with Gasteiger partial charge in [-0.3, -0.25) is 9.78 Å². The zero-order valence-electron chi connectivity index (χ0n) is 8.66. The monoisotopic (exact) mass is 204 g/mol. The molecule has 0 atom stereocenters. The van der Waals surface area contributed by atoms with E-state index in [1.165, 1.54) is 0 Å². The van der Waals surface area contributed by atoms with E-state index in [4.69, 9.17) is 5.11 Å². The first-order chi connectivity index (χ1) is 7.13. The van der Waals surface area contributed by atoms with Crippen LogP contribution in [0.4, 0.5) is 0 Å². The lowest BCUT2D eigenvalue weighted by atomic mass is 10.1. The summed E-state index contributed by atoms with van der Waals surface area (Å²) >= 11 is 0.